The Morgan fingerprint density at radius 3 is 2.26 bits per heavy atom. The number of rotatable bonds is 3. The van der Waals surface area contributed by atoms with Crippen LogP contribution in [-0.4, -0.2) is 51.8 Å². The lowest BCUT2D eigenvalue weighted by molar-refractivity contribution is -0.192. The van der Waals surface area contributed by atoms with Crippen molar-refractivity contribution in [2.24, 2.45) is 0 Å². The number of hydrogen-bond donors (Lipinski definition) is 2. The number of carbonyl (C=O) groups is 2. The van der Waals surface area contributed by atoms with Crippen molar-refractivity contribution in [1.82, 2.24) is 9.88 Å². The SMILES string of the molecule is CC(C)N1CCc2c(sc(NC(=O)C(F)(F)F)c2-c2nc3ccccc3s2)C1.O=C(O)C(F)(F)F. The number of carbonyl (C=O) groups excluding carboxylic acids is 1. The molecule has 2 aromatic heterocycles. The third-order valence-corrected chi connectivity index (χ3v) is 7.24. The number of fused-ring (bicyclic) bond motifs is 2. The second-order valence-corrected chi connectivity index (χ2v) is 9.90. The van der Waals surface area contributed by atoms with E-state index in [1.807, 2.05) is 24.3 Å². The zero-order valence-electron chi connectivity index (χ0n) is 18.3. The largest absolute Gasteiger partial charge is 0.490 e. The highest BCUT2D eigenvalue weighted by atomic mass is 32.1. The number of para-hydroxylation sites is 1. The van der Waals surface area contributed by atoms with Crippen LogP contribution in [0.25, 0.3) is 20.8 Å². The molecule has 4 rings (SSSR count). The average Bonchev–Trinajstić information content (AvgIpc) is 3.32. The van der Waals surface area contributed by atoms with Crippen LogP contribution in [0.5, 0.6) is 0 Å². The first-order valence-electron chi connectivity index (χ1n) is 10.1. The van der Waals surface area contributed by atoms with E-state index in [0.29, 0.717) is 23.2 Å². The molecule has 2 N–H and O–H groups in total. The van der Waals surface area contributed by atoms with E-state index in [2.05, 4.69) is 29.0 Å². The molecular formula is C21H19F6N3O3S2. The van der Waals surface area contributed by atoms with E-state index < -0.39 is 24.2 Å². The number of thiophene rings is 1. The number of hydrogen-bond acceptors (Lipinski definition) is 6. The predicted octanol–water partition coefficient (Wildman–Crippen LogP) is 5.93. The average molecular weight is 540 g/mol. The first-order chi connectivity index (χ1) is 16.2. The summed E-state index contributed by atoms with van der Waals surface area (Å²) >= 11 is 2.66. The molecule has 1 aliphatic rings. The summed E-state index contributed by atoms with van der Waals surface area (Å²) in [4.78, 5) is 28.4. The summed E-state index contributed by atoms with van der Waals surface area (Å²) in [5.41, 5.74) is 2.44. The van der Waals surface area contributed by atoms with Crippen LogP contribution < -0.4 is 5.32 Å². The van der Waals surface area contributed by atoms with Gasteiger partial charge in [-0.25, -0.2) is 9.78 Å². The number of benzene rings is 1. The van der Waals surface area contributed by atoms with Gasteiger partial charge in [0, 0.05) is 29.6 Å². The third kappa shape index (κ3) is 6.30. The molecule has 3 aromatic rings. The van der Waals surface area contributed by atoms with Crippen molar-refractivity contribution in [2.75, 3.05) is 11.9 Å². The fourth-order valence-corrected chi connectivity index (χ4v) is 5.71. The van der Waals surface area contributed by atoms with Crippen molar-refractivity contribution < 1.29 is 41.0 Å². The number of nitrogens with zero attached hydrogens (tertiary/aromatic N) is 2. The number of halogens is 6. The zero-order chi connectivity index (χ0) is 26.1. The van der Waals surface area contributed by atoms with Gasteiger partial charge in [-0.3, -0.25) is 9.69 Å². The summed E-state index contributed by atoms with van der Waals surface area (Å²) in [6.45, 7) is 5.68. The molecule has 1 aromatic carbocycles. The van der Waals surface area contributed by atoms with Crippen molar-refractivity contribution in [3.8, 4) is 10.6 Å². The summed E-state index contributed by atoms with van der Waals surface area (Å²) < 4.78 is 71.3. The van der Waals surface area contributed by atoms with Gasteiger partial charge in [0.25, 0.3) is 0 Å². The summed E-state index contributed by atoms with van der Waals surface area (Å²) in [6, 6.07) is 7.93. The van der Waals surface area contributed by atoms with Crippen LogP contribution >= 0.6 is 22.7 Å². The van der Waals surface area contributed by atoms with Crippen LogP contribution in [0.1, 0.15) is 24.3 Å². The number of aliphatic carboxylic acids is 1. The Labute approximate surface area is 203 Å². The minimum absolute atomic E-state index is 0.233. The Kier molecular flexibility index (Phi) is 7.77. The number of carboxylic acid groups (broad SMARTS) is 1. The van der Waals surface area contributed by atoms with Crippen LogP contribution in [0, 0.1) is 0 Å². The van der Waals surface area contributed by atoms with Gasteiger partial charge in [0.15, 0.2) is 0 Å². The first-order valence-corrected chi connectivity index (χ1v) is 11.7. The van der Waals surface area contributed by atoms with Gasteiger partial charge in [-0.15, -0.1) is 22.7 Å². The second kappa shape index (κ2) is 10.1. The lowest BCUT2D eigenvalue weighted by Crippen LogP contribution is -2.35. The van der Waals surface area contributed by atoms with Crippen LogP contribution in [-0.2, 0) is 22.6 Å². The van der Waals surface area contributed by atoms with Crippen LogP contribution in [0.15, 0.2) is 24.3 Å². The van der Waals surface area contributed by atoms with Crippen molar-refractivity contribution >= 4 is 49.8 Å². The Balaban J connectivity index is 0.000000429. The van der Waals surface area contributed by atoms with Crippen molar-refractivity contribution in [3.63, 3.8) is 0 Å². The fraction of sp³-hybridized carbons (Fsp3) is 0.381. The molecule has 0 fully saturated rings. The van der Waals surface area contributed by atoms with Crippen LogP contribution in [0.3, 0.4) is 0 Å². The summed E-state index contributed by atoms with van der Waals surface area (Å²) in [5, 5.41) is 10.1. The van der Waals surface area contributed by atoms with Gasteiger partial charge in [0.1, 0.15) is 10.0 Å². The van der Waals surface area contributed by atoms with E-state index in [0.717, 1.165) is 33.6 Å². The van der Waals surface area contributed by atoms with Gasteiger partial charge in [0.05, 0.1) is 10.2 Å². The third-order valence-electron chi connectivity index (χ3n) is 5.05. The zero-order valence-corrected chi connectivity index (χ0v) is 19.9. The topological polar surface area (TPSA) is 82.5 Å². The van der Waals surface area contributed by atoms with Crippen LogP contribution in [0.2, 0.25) is 0 Å². The smallest absolute Gasteiger partial charge is 0.475 e. The molecule has 0 bridgehead atoms. The molecule has 0 unspecified atom stereocenters. The lowest BCUT2D eigenvalue weighted by atomic mass is 10.0. The Morgan fingerprint density at radius 2 is 1.71 bits per heavy atom. The van der Waals surface area contributed by atoms with Gasteiger partial charge in [0.2, 0.25) is 0 Å². The summed E-state index contributed by atoms with van der Waals surface area (Å²) in [6.07, 6.45) is -9.30. The molecule has 0 saturated heterocycles. The molecule has 190 valence electrons. The van der Waals surface area contributed by atoms with Crippen molar-refractivity contribution in [1.29, 1.82) is 0 Å². The van der Waals surface area contributed by atoms with E-state index in [-0.39, 0.29) is 5.00 Å². The number of anilines is 1. The van der Waals surface area contributed by atoms with Gasteiger partial charge in [-0.05, 0) is 38.0 Å². The first kappa shape index (κ1) is 26.9. The highest BCUT2D eigenvalue weighted by Crippen LogP contribution is 2.46. The number of amides is 1. The minimum Gasteiger partial charge on any atom is -0.475 e. The number of carboxylic acids is 1. The fourth-order valence-electron chi connectivity index (χ4n) is 3.33. The molecule has 3 heterocycles. The van der Waals surface area contributed by atoms with E-state index in [1.54, 1.807) is 0 Å². The highest BCUT2D eigenvalue weighted by Gasteiger charge is 2.40. The maximum absolute atomic E-state index is 12.9. The van der Waals surface area contributed by atoms with Crippen molar-refractivity contribution in [2.45, 2.75) is 45.2 Å². The maximum atomic E-state index is 12.9. The number of alkyl halides is 6. The number of thiazole rings is 1. The van der Waals surface area contributed by atoms with Gasteiger partial charge >= 0.3 is 24.2 Å². The van der Waals surface area contributed by atoms with Gasteiger partial charge in [-0.2, -0.15) is 26.3 Å². The second-order valence-electron chi connectivity index (χ2n) is 7.76. The lowest BCUT2D eigenvalue weighted by Gasteiger charge is -2.30. The quantitative estimate of drug-likeness (QED) is 0.404. The maximum Gasteiger partial charge on any atom is 0.490 e. The van der Waals surface area contributed by atoms with Crippen molar-refractivity contribution in [3.05, 3.63) is 34.7 Å². The van der Waals surface area contributed by atoms with E-state index in [4.69, 9.17) is 9.90 Å². The molecule has 0 aliphatic carbocycles. The molecule has 0 spiro atoms. The highest BCUT2D eigenvalue weighted by molar-refractivity contribution is 7.22. The number of nitrogens with one attached hydrogen (secondary N) is 1. The molecule has 1 aliphatic heterocycles. The van der Waals surface area contributed by atoms with E-state index in [1.165, 1.54) is 22.7 Å². The Bertz CT molecular complexity index is 1200. The predicted molar refractivity (Wildman–Crippen MR) is 121 cm³/mol. The standard InChI is InChI=1S/C19H18F3N3OS2.C2HF3O2/c1-10(2)25-8-7-11-14(9-25)28-17(24-18(26)19(20,21)22)15(11)16-23-12-5-3-4-6-13(12)27-16;3-2(4,5)1(6)7/h3-6,10H,7-9H2,1-2H3,(H,24,26);(H,6,7). The van der Waals surface area contributed by atoms with Crippen LogP contribution in [0.4, 0.5) is 31.3 Å². The van der Waals surface area contributed by atoms with Gasteiger partial charge < -0.3 is 10.4 Å². The van der Waals surface area contributed by atoms with E-state index in [9.17, 15) is 31.1 Å². The Hall–Kier alpha value is -2.71. The van der Waals surface area contributed by atoms with Gasteiger partial charge in [-0.1, -0.05) is 12.1 Å². The summed E-state index contributed by atoms with van der Waals surface area (Å²) in [5.74, 6) is -4.71. The molecule has 0 radical (unpaired) electrons. The molecule has 35 heavy (non-hydrogen) atoms. The minimum atomic E-state index is -5.08. The monoisotopic (exact) mass is 539 g/mol. The summed E-state index contributed by atoms with van der Waals surface area (Å²) in [7, 11) is 0. The molecule has 0 atom stereocenters. The normalized spacial score (nSPS) is 14.4. The molecular weight excluding hydrogens is 520 g/mol. The molecule has 0 saturated carbocycles. The number of aromatic nitrogens is 1. The molecule has 1 amide bonds. The van der Waals surface area contributed by atoms with E-state index >= 15 is 0 Å². The molecule has 14 heteroatoms. The molecule has 6 nitrogen and oxygen atoms in total. The Morgan fingerprint density at radius 1 is 1.09 bits per heavy atom.